The van der Waals surface area contributed by atoms with Gasteiger partial charge in [0.2, 0.25) is 0 Å². The Morgan fingerprint density at radius 3 is 2.08 bits per heavy atom. The minimum absolute atomic E-state index is 0.611. The predicted molar refractivity (Wildman–Crippen MR) is 46.3 cm³/mol. The van der Waals surface area contributed by atoms with E-state index in [2.05, 4.69) is 9.97 Å². The fraction of sp³-hybridized carbons (Fsp3) is 0. The molecule has 0 aliphatic rings. The SMILES string of the molecule is N#Cc1ccc[nH]1.c1cc[nH]c1. The van der Waals surface area contributed by atoms with Gasteiger partial charge in [0.25, 0.3) is 0 Å². The lowest BCUT2D eigenvalue weighted by atomic mass is 10.5. The first-order valence-electron chi connectivity index (χ1n) is 3.54. The Kier molecular flexibility index (Phi) is 3.26. The van der Waals surface area contributed by atoms with Gasteiger partial charge in [0.15, 0.2) is 0 Å². The summed E-state index contributed by atoms with van der Waals surface area (Å²) in [4.78, 5) is 5.59. The predicted octanol–water partition coefficient (Wildman–Crippen LogP) is 1.90. The molecule has 0 saturated carbocycles. The van der Waals surface area contributed by atoms with E-state index in [1.54, 1.807) is 18.3 Å². The van der Waals surface area contributed by atoms with Crippen molar-refractivity contribution in [3.05, 3.63) is 48.5 Å². The highest BCUT2D eigenvalue weighted by Crippen LogP contribution is 1.87. The van der Waals surface area contributed by atoms with Crippen molar-refractivity contribution in [2.24, 2.45) is 0 Å². The van der Waals surface area contributed by atoms with E-state index in [4.69, 9.17) is 5.26 Å². The van der Waals surface area contributed by atoms with Crippen LogP contribution in [0.1, 0.15) is 5.69 Å². The molecule has 3 heteroatoms. The van der Waals surface area contributed by atoms with Crippen molar-refractivity contribution < 1.29 is 0 Å². The van der Waals surface area contributed by atoms with Crippen LogP contribution in [-0.2, 0) is 0 Å². The summed E-state index contributed by atoms with van der Waals surface area (Å²) < 4.78 is 0. The maximum Gasteiger partial charge on any atom is 0.117 e. The summed E-state index contributed by atoms with van der Waals surface area (Å²) in [5.74, 6) is 0. The van der Waals surface area contributed by atoms with Gasteiger partial charge in [-0.25, -0.2) is 0 Å². The van der Waals surface area contributed by atoms with E-state index in [-0.39, 0.29) is 0 Å². The van der Waals surface area contributed by atoms with Crippen LogP contribution in [-0.4, -0.2) is 9.97 Å². The summed E-state index contributed by atoms with van der Waals surface area (Å²) in [6.07, 6.45) is 5.47. The Balaban J connectivity index is 0.000000127. The maximum atomic E-state index is 8.15. The normalized spacial score (nSPS) is 7.92. The van der Waals surface area contributed by atoms with Gasteiger partial charge in [-0.3, -0.25) is 0 Å². The largest absolute Gasteiger partial charge is 0.368 e. The lowest BCUT2D eigenvalue weighted by Gasteiger charge is -1.66. The highest BCUT2D eigenvalue weighted by atomic mass is 14.7. The summed E-state index contributed by atoms with van der Waals surface area (Å²) in [6.45, 7) is 0. The molecular weight excluding hydrogens is 150 g/mol. The molecule has 0 aromatic carbocycles. The highest BCUT2D eigenvalue weighted by Gasteiger charge is 1.80. The average molecular weight is 159 g/mol. The van der Waals surface area contributed by atoms with E-state index in [0.717, 1.165) is 0 Å². The topological polar surface area (TPSA) is 55.4 Å². The Morgan fingerprint density at radius 1 is 1.08 bits per heavy atom. The Labute approximate surface area is 70.7 Å². The minimum Gasteiger partial charge on any atom is -0.368 e. The van der Waals surface area contributed by atoms with Gasteiger partial charge in [-0.15, -0.1) is 0 Å². The molecule has 2 aromatic heterocycles. The van der Waals surface area contributed by atoms with Crippen LogP contribution in [0, 0.1) is 11.3 Å². The zero-order chi connectivity index (χ0) is 8.65. The van der Waals surface area contributed by atoms with Crippen molar-refractivity contribution in [1.82, 2.24) is 9.97 Å². The summed E-state index contributed by atoms with van der Waals surface area (Å²) in [5.41, 5.74) is 0.611. The second-order valence-corrected chi connectivity index (χ2v) is 2.08. The van der Waals surface area contributed by atoms with Crippen LogP contribution in [0.2, 0.25) is 0 Å². The molecule has 60 valence electrons. The highest BCUT2D eigenvalue weighted by molar-refractivity contribution is 5.18. The third-order valence-electron chi connectivity index (χ3n) is 1.21. The molecule has 0 radical (unpaired) electrons. The van der Waals surface area contributed by atoms with Gasteiger partial charge in [0.1, 0.15) is 11.8 Å². The first kappa shape index (κ1) is 8.15. The van der Waals surface area contributed by atoms with Crippen molar-refractivity contribution in [1.29, 1.82) is 5.26 Å². The van der Waals surface area contributed by atoms with E-state index in [9.17, 15) is 0 Å². The first-order chi connectivity index (χ1) is 5.93. The molecule has 0 aliphatic carbocycles. The fourth-order valence-corrected chi connectivity index (χ4v) is 0.678. The molecule has 0 bridgehead atoms. The third-order valence-corrected chi connectivity index (χ3v) is 1.21. The van der Waals surface area contributed by atoms with Crippen LogP contribution in [0.25, 0.3) is 0 Å². The molecule has 0 atom stereocenters. The molecule has 3 nitrogen and oxygen atoms in total. The van der Waals surface area contributed by atoms with E-state index < -0.39 is 0 Å². The third kappa shape index (κ3) is 2.76. The van der Waals surface area contributed by atoms with Crippen LogP contribution < -0.4 is 0 Å². The molecular formula is C9H9N3. The summed E-state index contributed by atoms with van der Waals surface area (Å²) in [5, 5.41) is 8.15. The van der Waals surface area contributed by atoms with Crippen molar-refractivity contribution in [3.8, 4) is 6.07 Å². The van der Waals surface area contributed by atoms with Crippen LogP contribution >= 0.6 is 0 Å². The van der Waals surface area contributed by atoms with Gasteiger partial charge in [-0.05, 0) is 24.3 Å². The molecule has 2 N–H and O–H groups in total. The number of rotatable bonds is 0. The number of H-pyrrole nitrogens is 2. The van der Waals surface area contributed by atoms with Crippen LogP contribution in [0.15, 0.2) is 42.9 Å². The fourth-order valence-electron chi connectivity index (χ4n) is 0.678. The van der Waals surface area contributed by atoms with Crippen molar-refractivity contribution in [3.63, 3.8) is 0 Å². The first-order valence-corrected chi connectivity index (χ1v) is 3.54. The van der Waals surface area contributed by atoms with Gasteiger partial charge in [-0.1, -0.05) is 0 Å². The Hall–Kier alpha value is -1.95. The van der Waals surface area contributed by atoms with E-state index in [0.29, 0.717) is 5.69 Å². The number of aromatic nitrogens is 2. The number of hydrogen-bond donors (Lipinski definition) is 2. The average Bonchev–Trinajstić information content (AvgIpc) is 2.81. The lowest BCUT2D eigenvalue weighted by Crippen LogP contribution is -1.64. The monoisotopic (exact) mass is 159 g/mol. The second kappa shape index (κ2) is 4.80. The number of hydrogen-bond acceptors (Lipinski definition) is 1. The maximum absolute atomic E-state index is 8.15. The van der Waals surface area contributed by atoms with Crippen molar-refractivity contribution >= 4 is 0 Å². The summed E-state index contributed by atoms with van der Waals surface area (Å²) in [6, 6.07) is 9.35. The van der Waals surface area contributed by atoms with Crippen molar-refractivity contribution in [2.75, 3.05) is 0 Å². The van der Waals surface area contributed by atoms with E-state index in [1.807, 2.05) is 30.6 Å². The van der Waals surface area contributed by atoms with Gasteiger partial charge in [-0.2, -0.15) is 5.26 Å². The van der Waals surface area contributed by atoms with E-state index >= 15 is 0 Å². The molecule has 0 fully saturated rings. The molecule has 0 spiro atoms. The van der Waals surface area contributed by atoms with Gasteiger partial charge >= 0.3 is 0 Å². The zero-order valence-corrected chi connectivity index (χ0v) is 6.49. The van der Waals surface area contributed by atoms with Gasteiger partial charge < -0.3 is 9.97 Å². The van der Waals surface area contributed by atoms with Crippen LogP contribution in [0.4, 0.5) is 0 Å². The summed E-state index contributed by atoms with van der Waals surface area (Å²) in [7, 11) is 0. The number of aromatic amines is 2. The van der Waals surface area contributed by atoms with Crippen LogP contribution in [0.5, 0.6) is 0 Å². The molecule has 2 aromatic rings. The standard InChI is InChI=1S/C5H4N2.C4H5N/c6-4-5-2-1-3-7-5;1-2-4-5-3-1/h1-3,7H;1-5H. The smallest absolute Gasteiger partial charge is 0.117 e. The molecule has 0 aliphatic heterocycles. The molecule has 2 heterocycles. The molecule has 0 saturated heterocycles. The van der Waals surface area contributed by atoms with E-state index in [1.165, 1.54) is 0 Å². The van der Waals surface area contributed by atoms with Crippen LogP contribution in [0.3, 0.4) is 0 Å². The quantitative estimate of drug-likeness (QED) is 0.606. The Bertz CT molecular complexity index is 296. The van der Waals surface area contributed by atoms with Gasteiger partial charge in [0.05, 0.1) is 0 Å². The Morgan fingerprint density at radius 2 is 1.83 bits per heavy atom. The number of nitriles is 1. The summed E-state index contributed by atoms with van der Waals surface area (Å²) >= 11 is 0. The molecule has 0 unspecified atom stereocenters. The molecule has 2 rings (SSSR count). The second-order valence-electron chi connectivity index (χ2n) is 2.08. The zero-order valence-electron chi connectivity index (χ0n) is 6.49. The lowest BCUT2D eigenvalue weighted by molar-refractivity contribution is 1.33. The molecule has 12 heavy (non-hydrogen) atoms. The number of nitrogens with one attached hydrogen (secondary N) is 2. The number of nitrogens with zero attached hydrogens (tertiary/aromatic N) is 1. The molecule has 0 amide bonds. The minimum atomic E-state index is 0.611. The van der Waals surface area contributed by atoms with Crippen molar-refractivity contribution in [2.45, 2.75) is 0 Å². The van der Waals surface area contributed by atoms with Gasteiger partial charge in [0, 0.05) is 18.6 Å².